The van der Waals surface area contributed by atoms with Gasteiger partial charge in [-0.15, -0.1) is 0 Å². The van der Waals surface area contributed by atoms with Gasteiger partial charge < -0.3 is 23.5 Å². The summed E-state index contributed by atoms with van der Waals surface area (Å²) in [7, 11) is 0. The normalized spacial score (nSPS) is 22.1. The van der Waals surface area contributed by atoms with Gasteiger partial charge in [-0.1, -0.05) is 13.3 Å². The third-order valence-electron chi connectivity index (χ3n) is 5.58. The quantitative estimate of drug-likeness (QED) is 0.712. The van der Waals surface area contributed by atoms with Crippen molar-refractivity contribution in [3.8, 4) is 17.2 Å². The highest BCUT2D eigenvalue weighted by atomic mass is 16.7. The molecule has 1 saturated heterocycles. The van der Waals surface area contributed by atoms with Crippen molar-refractivity contribution in [1.29, 1.82) is 0 Å². The molecule has 0 saturated carbocycles. The van der Waals surface area contributed by atoms with Crippen LogP contribution in [0.1, 0.15) is 43.6 Å². The Labute approximate surface area is 161 Å². The van der Waals surface area contributed by atoms with E-state index < -0.39 is 0 Å². The maximum absolute atomic E-state index is 6.18. The van der Waals surface area contributed by atoms with Crippen molar-refractivity contribution >= 4 is 0 Å². The first kappa shape index (κ1) is 18.2. The Kier molecular flexibility index (Phi) is 5.58. The highest BCUT2D eigenvalue weighted by molar-refractivity contribution is 5.46. The fraction of sp³-hybridized carbons (Fsp3) is 0.545. The van der Waals surface area contributed by atoms with Gasteiger partial charge in [0, 0.05) is 24.4 Å². The molecule has 0 amide bonds. The highest BCUT2D eigenvalue weighted by Gasteiger charge is 2.32. The molecule has 2 aromatic rings. The first-order valence-electron chi connectivity index (χ1n) is 10.0. The van der Waals surface area contributed by atoms with Gasteiger partial charge in [0.05, 0.1) is 6.61 Å². The largest absolute Gasteiger partial charge is 0.493 e. The van der Waals surface area contributed by atoms with Crippen LogP contribution < -0.4 is 14.2 Å². The topological polar surface area (TPSA) is 44.1 Å². The minimum absolute atomic E-state index is 0.285. The van der Waals surface area contributed by atoms with Crippen molar-refractivity contribution in [3.05, 3.63) is 41.9 Å². The predicted molar refractivity (Wildman–Crippen MR) is 104 cm³/mol. The molecule has 0 unspecified atom stereocenters. The molecule has 2 aliphatic rings. The zero-order chi connectivity index (χ0) is 18.6. The molecule has 0 radical (unpaired) electrons. The second-order valence-corrected chi connectivity index (χ2v) is 7.58. The number of unbranched alkanes of at least 4 members (excludes halogenated alkanes) is 1. The minimum atomic E-state index is 0.285. The van der Waals surface area contributed by atoms with Gasteiger partial charge in [-0.3, -0.25) is 0 Å². The van der Waals surface area contributed by atoms with Crippen molar-refractivity contribution in [2.24, 2.45) is 5.92 Å². The Bertz CT molecular complexity index is 757. The van der Waals surface area contributed by atoms with Gasteiger partial charge in [-0.25, -0.2) is 0 Å². The lowest BCUT2D eigenvalue weighted by atomic mass is 9.84. The number of rotatable bonds is 7. The van der Waals surface area contributed by atoms with Crippen LogP contribution in [0.3, 0.4) is 0 Å². The average Bonchev–Trinajstić information content (AvgIpc) is 3.33. The summed E-state index contributed by atoms with van der Waals surface area (Å²) in [5.41, 5.74) is 0. The van der Waals surface area contributed by atoms with Crippen molar-refractivity contribution in [2.75, 3.05) is 33.0 Å². The molecule has 1 fully saturated rings. The second kappa shape index (κ2) is 8.26. The molecule has 1 aromatic heterocycles. The summed E-state index contributed by atoms with van der Waals surface area (Å²) in [5, 5.41) is 0. The van der Waals surface area contributed by atoms with Crippen LogP contribution in [0.25, 0.3) is 0 Å². The van der Waals surface area contributed by atoms with Gasteiger partial charge in [0.2, 0.25) is 6.79 Å². The second-order valence-electron chi connectivity index (χ2n) is 7.58. The number of piperidine rings is 1. The van der Waals surface area contributed by atoms with Crippen LogP contribution in [0.4, 0.5) is 0 Å². The molecule has 4 rings (SSSR count). The van der Waals surface area contributed by atoms with E-state index in [9.17, 15) is 0 Å². The Balaban J connectivity index is 1.44. The lowest BCUT2D eigenvalue weighted by Crippen LogP contribution is -2.42. The van der Waals surface area contributed by atoms with E-state index in [0.717, 1.165) is 48.3 Å². The number of aryl methyl sites for hydroxylation is 1. The van der Waals surface area contributed by atoms with Crippen molar-refractivity contribution in [1.82, 2.24) is 4.90 Å². The summed E-state index contributed by atoms with van der Waals surface area (Å²) in [6.45, 7) is 8.57. The maximum Gasteiger partial charge on any atom is 0.231 e. The van der Waals surface area contributed by atoms with E-state index in [0.29, 0.717) is 18.4 Å². The Hall–Kier alpha value is -2.14. The van der Waals surface area contributed by atoms with Crippen LogP contribution in [0.2, 0.25) is 0 Å². The van der Waals surface area contributed by atoms with Crippen LogP contribution in [0, 0.1) is 12.8 Å². The number of hydrogen-bond acceptors (Lipinski definition) is 5. The van der Waals surface area contributed by atoms with E-state index in [4.69, 9.17) is 18.6 Å². The average molecular weight is 371 g/mol. The molecule has 0 spiro atoms. The number of ether oxygens (including phenoxy) is 3. The van der Waals surface area contributed by atoms with Crippen molar-refractivity contribution in [2.45, 2.75) is 39.0 Å². The Morgan fingerprint density at radius 2 is 2.04 bits per heavy atom. The molecular formula is C22H29NO4. The lowest BCUT2D eigenvalue weighted by molar-refractivity contribution is 0.101. The summed E-state index contributed by atoms with van der Waals surface area (Å²) < 4.78 is 23.0. The maximum atomic E-state index is 6.18. The van der Waals surface area contributed by atoms with Crippen LogP contribution in [-0.4, -0.2) is 37.9 Å². The summed E-state index contributed by atoms with van der Waals surface area (Å²) in [6, 6.07) is 9.99. The molecule has 146 valence electrons. The van der Waals surface area contributed by atoms with Gasteiger partial charge in [0.25, 0.3) is 0 Å². The zero-order valence-electron chi connectivity index (χ0n) is 16.3. The number of nitrogens with zero attached hydrogens (tertiary/aromatic N) is 1. The van der Waals surface area contributed by atoms with Crippen LogP contribution in [0.15, 0.2) is 34.7 Å². The molecular weight excluding hydrogens is 342 g/mol. The smallest absolute Gasteiger partial charge is 0.231 e. The lowest BCUT2D eigenvalue weighted by Gasteiger charge is -2.37. The standard InChI is InChI=1S/C22H29NO4/c1-3-4-10-23-11-9-19(20-7-5-16(2)27-20)17(13-23)14-24-18-6-8-21-22(12-18)26-15-25-21/h5-8,12,17,19H,3-4,9-11,13-15H2,1-2H3/t17-,19+/m1/s1. The van der Waals surface area contributed by atoms with Gasteiger partial charge >= 0.3 is 0 Å². The molecule has 27 heavy (non-hydrogen) atoms. The fourth-order valence-corrected chi connectivity index (χ4v) is 4.06. The molecule has 2 atom stereocenters. The van der Waals surface area contributed by atoms with Crippen LogP contribution >= 0.6 is 0 Å². The predicted octanol–water partition coefficient (Wildman–Crippen LogP) is 4.60. The zero-order valence-corrected chi connectivity index (χ0v) is 16.3. The molecule has 0 bridgehead atoms. The highest BCUT2D eigenvalue weighted by Crippen LogP contribution is 2.37. The van der Waals surface area contributed by atoms with Crippen molar-refractivity contribution < 1.29 is 18.6 Å². The number of furan rings is 1. The Morgan fingerprint density at radius 1 is 1.15 bits per heavy atom. The SMILES string of the molecule is CCCCN1CC[C@H](c2ccc(C)o2)[C@@H](COc2ccc3c(c2)OCO3)C1. The molecule has 0 aliphatic carbocycles. The number of fused-ring (bicyclic) bond motifs is 1. The van der Waals surface area contributed by atoms with E-state index in [1.165, 1.54) is 19.4 Å². The van der Waals surface area contributed by atoms with Crippen LogP contribution in [0.5, 0.6) is 17.2 Å². The number of likely N-dealkylation sites (tertiary alicyclic amines) is 1. The van der Waals surface area contributed by atoms with Crippen LogP contribution in [-0.2, 0) is 0 Å². The van der Waals surface area contributed by atoms with Gasteiger partial charge in [-0.05, 0) is 57.1 Å². The first-order valence-corrected chi connectivity index (χ1v) is 10.0. The summed E-state index contributed by atoms with van der Waals surface area (Å²) >= 11 is 0. The van der Waals surface area contributed by atoms with Gasteiger partial charge in [0.1, 0.15) is 17.3 Å². The van der Waals surface area contributed by atoms with E-state index in [2.05, 4.69) is 24.0 Å². The third kappa shape index (κ3) is 4.24. The van der Waals surface area contributed by atoms with E-state index >= 15 is 0 Å². The minimum Gasteiger partial charge on any atom is -0.493 e. The van der Waals surface area contributed by atoms with Gasteiger partial charge in [-0.2, -0.15) is 0 Å². The summed E-state index contributed by atoms with van der Waals surface area (Å²) in [4.78, 5) is 2.57. The molecule has 5 heteroatoms. The fourth-order valence-electron chi connectivity index (χ4n) is 4.06. The molecule has 1 aromatic carbocycles. The summed E-state index contributed by atoms with van der Waals surface area (Å²) in [5.74, 6) is 5.28. The first-order chi connectivity index (χ1) is 13.2. The third-order valence-corrected chi connectivity index (χ3v) is 5.58. The summed E-state index contributed by atoms with van der Waals surface area (Å²) in [6.07, 6.45) is 3.60. The van der Waals surface area contributed by atoms with E-state index in [1.807, 2.05) is 25.1 Å². The van der Waals surface area contributed by atoms with E-state index in [-0.39, 0.29) is 6.79 Å². The number of benzene rings is 1. The Morgan fingerprint density at radius 3 is 2.85 bits per heavy atom. The van der Waals surface area contributed by atoms with Gasteiger partial charge in [0.15, 0.2) is 11.5 Å². The molecule has 0 N–H and O–H groups in total. The van der Waals surface area contributed by atoms with Crippen molar-refractivity contribution in [3.63, 3.8) is 0 Å². The number of hydrogen-bond donors (Lipinski definition) is 0. The van der Waals surface area contributed by atoms with E-state index in [1.54, 1.807) is 0 Å². The molecule has 3 heterocycles. The molecule has 2 aliphatic heterocycles. The monoisotopic (exact) mass is 371 g/mol. The molecule has 5 nitrogen and oxygen atoms in total.